The van der Waals surface area contributed by atoms with Crippen molar-refractivity contribution >= 4 is 21.6 Å². The van der Waals surface area contributed by atoms with Gasteiger partial charge in [0.05, 0.1) is 0 Å². The van der Waals surface area contributed by atoms with Crippen molar-refractivity contribution in [1.29, 1.82) is 0 Å². The van der Waals surface area contributed by atoms with Crippen molar-refractivity contribution in [2.75, 3.05) is 31.6 Å². The molecule has 0 amide bonds. The molecule has 2 atom stereocenters. The Labute approximate surface area is 124 Å². The summed E-state index contributed by atoms with van der Waals surface area (Å²) in [5.41, 5.74) is 2.55. The Balaban J connectivity index is 2.17. The molecule has 1 saturated heterocycles. The van der Waals surface area contributed by atoms with Gasteiger partial charge in [-0.05, 0) is 51.1 Å². The SMILES string of the molecule is Cc1cc(N2CC(C)N(C)C(CCO)C2)ccc1Br. The molecule has 3 nitrogen and oxygen atoms in total. The van der Waals surface area contributed by atoms with Crippen LogP contribution in [0.2, 0.25) is 0 Å². The quantitative estimate of drug-likeness (QED) is 0.925. The lowest BCUT2D eigenvalue weighted by Crippen LogP contribution is -2.56. The van der Waals surface area contributed by atoms with Crippen LogP contribution in [0.4, 0.5) is 5.69 Å². The molecular weight excluding hydrogens is 304 g/mol. The number of hydrogen-bond acceptors (Lipinski definition) is 3. The minimum absolute atomic E-state index is 0.259. The zero-order valence-electron chi connectivity index (χ0n) is 11.9. The van der Waals surface area contributed by atoms with Gasteiger partial charge in [0.2, 0.25) is 0 Å². The van der Waals surface area contributed by atoms with Crippen LogP contribution >= 0.6 is 15.9 Å². The van der Waals surface area contributed by atoms with Crippen molar-refractivity contribution in [3.8, 4) is 0 Å². The molecule has 4 heteroatoms. The van der Waals surface area contributed by atoms with Crippen LogP contribution in [0.25, 0.3) is 0 Å². The zero-order valence-corrected chi connectivity index (χ0v) is 13.5. The van der Waals surface area contributed by atoms with Gasteiger partial charge in [0.25, 0.3) is 0 Å². The van der Waals surface area contributed by atoms with Gasteiger partial charge in [-0.2, -0.15) is 0 Å². The van der Waals surface area contributed by atoms with Crippen LogP contribution in [-0.2, 0) is 0 Å². The van der Waals surface area contributed by atoms with E-state index in [1.165, 1.54) is 11.3 Å². The molecule has 0 radical (unpaired) electrons. The summed E-state index contributed by atoms with van der Waals surface area (Å²) in [7, 11) is 2.16. The van der Waals surface area contributed by atoms with Gasteiger partial charge in [-0.1, -0.05) is 15.9 Å². The first kappa shape index (κ1) is 14.8. The Hall–Kier alpha value is -0.580. The van der Waals surface area contributed by atoms with Gasteiger partial charge in [-0.25, -0.2) is 0 Å². The number of benzene rings is 1. The maximum atomic E-state index is 9.21. The average Bonchev–Trinajstić information content (AvgIpc) is 2.38. The van der Waals surface area contributed by atoms with Crippen LogP contribution < -0.4 is 4.90 Å². The van der Waals surface area contributed by atoms with Crippen molar-refractivity contribution in [1.82, 2.24) is 4.90 Å². The van der Waals surface area contributed by atoms with E-state index in [-0.39, 0.29) is 6.61 Å². The Morgan fingerprint density at radius 1 is 1.37 bits per heavy atom. The topological polar surface area (TPSA) is 26.7 Å². The first-order valence-electron chi connectivity index (χ1n) is 6.87. The zero-order chi connectivity index (χ0) is 14.0. The van der Waals surface area contributed by atoms with Crippen LogP contribution in [0.3, 0.4) is 0 Å². The number of aliphatic hydroxyl groups excluding tert-OH is 1. The van der Waals surface area contributed by atoms with E-state index in [1.807, 2.05) is 0 Å². The molecule has 0 saturated carbocycles. The number of halogens is 1. The van der Waals surface area contributed by atoms with Crippen LogP contribution in [0.5, 0.6) is 0 Å². The number of rotatable bonds is 3. The number of aryl methyl sites for hydroxylation is 1. The van der Waals surface area contributed by atoms with E-state index in [9.17, 15) is 5.11 Å². The number of piperazine rings is 1. The third-order valence-corrected chi connectivity index (χ3v) is 5.05. The minimum Gasteiger partial charge on any atom is -0.396 e. The molecule has 2 rings (SSSR count). The Kier molecular flexibility index (Phi) is 4.87. The van der Waals surface area contributed by atoms with E-state index >= 15 is 0 Å². The smallest absolute Gasteiger partial charge is 0.0446 e. The maximum Gasteiger partial charge on any atom is 0.0446 e. The summed E-state index contributed by atoms with van der Waals surface area (Å²) in [6.07, 6.45) is 0.840. The van der Waals surface area contributed by atoms with E-state index in [0.717, 1.165) is 24.0 Å². The summed E-state index contributed by atoms with van der Waals surface area (Å²) < 4.78 is 1.16. The molecule has 1 aliphatic heterocycles. The van der Waals surface area contributed by atoms with Gasteiger partial charge >= 0.3 is 0 Å². The van der Waals surface area contributed by atoms with Gasteiger partial charge in [-0.15, -0.1) is 0 Å². The largest absolute Gasteiger partial charge is 0.396 e. The molecule has 1 aromatic rings. The van der Waals surface area contributed by atoms with Crippen molar-refractivity contribution < 1.29 is 5.11 Å². The third kappa shape index (κ3) is 3.30. The lowest BCUT2D eigenvalue weighted by molar-refractivity contribution is 0.128. The minimum atomic E-state index is 0.259. The summed E-state index contributed by atoms with van der Waals surface area (Å²) in [6.45, 7) is 6.66. The highest BCUT2D eigenvalue weighted by Crippen LogP contribution is 2.26. The summed E-state index contributed by atoms with van der Waals surface area (Å²) in [5, 5.41) is 9.21. The Morgan fingerprint density at radius 3 is 2.74 bits per heavy atom. The fourth-order valence-corrected chi connectivity index (χ4v) is 2.99. The van der Waals surface area contributed by atoms with Crippen LogP contribution in [-0.4, -0.2) is 48.8 Å². The number of anilines is 1. The van der Waals surface area contributed by atoms with Gasteiger partial charge in [0, 0.05) is 41.9 Å². The molecule has 2 unspecified atom stereocenters. The van der Waals surface area contributed by atoms with Gasteiger partial charge in [0.15, 0.2) is 0 Å². The van der Waals surface area contributed by atoms with E-state index in [2.05, 4.69) is 64.8 Å². The van der Waals surface area contributed by atoms with E-state index in [0.29, 0.717) is 12.1 Å². The molecule has 0 spiro atoms. The standard InChI is InChI=1S/C15H23BrN2O/c1-11-8-13(4-5-15(11)16)18-9-12(2)17(3)14(10-18)6-7-19/h4-5,8,12,14,19H,6-7,9-10H2,1-3H3. The van der Waals surface area contributed by atoms with E-state index < -0.39 is 0 Å². The number of hydrogen-bond donors (Lipinski definition) is 1. The van der Waals surface area contributed by atoms with Crippen molar-refractivity contribution in [3.05, 3.63) is 28.2 Å². The molecule has 19 heavy (non-hydrogen) atoms. The molecule has 106 valence electrons. The van der Waals surface area contributed by atoms with Crippen molar-refractivity contribution in [2.24, 2.45) is 0 Å². The van der Waals surface area contributed by atoms with E-state index in [4.69, 9.17) is 0 Å². The normalized spacial score (nSPS) is 24.8. The Bertz CT molecular complexity index is 438. The molecule has 1 heterocycles. The molecule has 1 N–H and O–H groups in total. The lowest BCUT2D eigenvalue weighted by Gasteiger charge is -2.45. The fraction of sp³-hybridized carbons (Fsp3) is 0.600. The third-order valence-electron chi connectivity index (χ3n) is 4.16. The summed E-state index contributed by atoms with van der Waals surface area (Å²) in [5.74, 6) is 0. The summed E-state index contributed by atoms with van der Waals surface area (Å²) in [4.78, 5) is 4.82. The molecule has 1 fully saturated rings. The predicted molar refractivity (Wildman–Crippen MR) is 83.8 cm³/mol. The second-order valence-electron chi connectivity index (χ2n) is 5.52. The average molecular weight is 327 g/mol. The fourth-order valence-electron chi connectivity index (χ4n) is 2.75. The van der Waals surface area contributed by atoms with Crippen LogP contribution in [0, 0.1) is 6.92 Å². The highest BCUT2D eigenvalue weighted by atomic mass is 79.9. The van der Waals surface area contributed by atoms with Crippen LogP contribution in [0.1, 0.15) is 18.9 Å². The summed E-state index contributed by atoms with van der Waals surface area (Å²) in [6, 6.07) is 7.46. The molecule has 1 aliphatic rings. The highest BCUT2D eigenvalue weighted by molar-refractivity contribution is 9.10. The first-order chi connectivity index (χ1) is 9.02. The monoisotopic (exact) mass is 326 g/mol. The van der Waals surface area contributed by atoms with Gasteiger partial charge < -0.3 is 10.0 Å². The second kappa shape index (κ2) is 6.25. The molecule has 0 aromatic heterocycles. The van der Waals surface area contributed by atoms with Crippen molar-refractivity contribution in [2.45, 2.75) is 32.4 Å². The van der Waals surface area contributed by atoms with E-state index in [1.54, 1.807) is 0 Å². The Morgan fingerprint density at radius 2 is 2.11 bits per heavy atom. The molecule has 0 aliphatic carbocycles. The number of nitrogens with zero attached hydrogens (tertiary/aromatic N) is 2. The predicted octanol–water partition coefficient (Wildman–Crippen LogP) is 2.65. The molecular formula is C15H23BrN2O. The van der Waals surface area contributed by atoms with Crippen molar-refractivity contribution in [3.63, 3.8) is 0 Å². The maximum absolute atomic E-state index is 9.21. The van der Waals surface area contributed by atoms with Crippen LogP contribution in [0.15, 0.2) is 22.7 Å². The second-order valence-corrected chi connectivity index (χ2v) is 6.37. The van der Waals surface area contributed by atoms with Gasteiger partial charge in [-0.3, -0.25) is 4.90 Å². The first-order valence-corrected chi connectivity index (χ1v) is 7.66. The molecule has 1 aromatic carbocycles. The number of aliphatic hydroxyl groups is 1. The molecule has 0 bridgehead atoms. The lowest BCUT2D eigenvalue weighted by atomic mass is 10.0. The summed E-state index contributed by atoms with van der Waals surface area (Å²) >= 11 is 3.55. The number of likely N-dealkylation sites (N-methyl/N-ethyl adjacent to an activating group) is 1. The highest BCUT2D eigenvalue weighted by Gasteiger charge is 2.29. The van der Waals surface area contributed by atoms with Gasteiger partial charge in [0.1, 0.15) is 0 Å².